The van der Waals surface area contributed by atoms with Gasteiger partial charge in [-0.15, -0.1) is 0 Å². The number of likely N-dealkylation sites (N-methyl/N-ethyl adjacent to an activating group) is 1. The Hall–Kier alpha value is -3.78. The van der Waals surface area contributed by atoms with E-state index in [2.05, 4.69) is 15.1 Å². The van der Waals surface area contributed by atoms with Gasteiger partial charge in [0.15, 0.2) is 5.76 Å². The molecule has 1 fully saturated rings. The fraction of sp³-hybridized carbons (Fsp3) is 0.182. The number of anilines is 1. The molecule has 1 unspecified atom stereocenters. The number of para-hydroxylation sites is 1. The number of fused-ring (bicyclic) bond motifs is 1. The van der Waals surface area contributed by atoms with Crippen molar-refractivity contribution in [1.29, 1.82) is 0 Å². The number of likely N-dealkylation sites (tertiary alicyclic amines) is 1. The molecule has 8 nitrogen and oxygen atoms in total. The van der Waals surface area contributed by atoms with E-state index >= 15 is 0 Å². The summed E-state index contributed by atoms with van der Waals surface area (Å²) in [5, 5.41) is 15.8. The smallest absolute Gasteiger partial charge is 0.262 e. The molecule has 8 heteroatoms. The molecule has 1 atom stereocenters. The third-order valence-corrected chi connectivity index (χ3v) is 5.53. The maximum Gasteiger partial charge on any atom is 0.262 e. The van der Waals surface area contributed by atoms with Crippen molar-refractivity contribution < 1.29 is 14.4 Å². The summed E-state index contributed by atoms with van der Waals surface area (Å²) in [6.07, 6.45) is 1.97. The molecule has 5 rings (SSSR count). The van der Waals surface area contributed by atoms with E-state index in [-0.39, 0.29) is 24.0 Å². The predicted octanol–water partition coefficient (Wildman–Crippen LogP) is 2.58. The number of aromatic nitrogens is 3. The topological polar surface area (TPSA) is 118 Å². The first kappa shape index (κ1) is 18.3. The highest BCUT2D eigenvalue weighted by Crippen LogP contribution is 2.36. The van der Waals surface area contributed by atoms with Crippen molar-refractivity contribution in [1.82, 2.24) is 20.0 Å². The molecule has 0 spiro atoms. The third kappa shape index (κ3) is 2.81. The largest absolute Gasteiger partial charge is 0.373 e. The molecular formula is C22H19N5O3. The number of hydrogen-bond donors (Lipinski definition) is 2. The zero-order valence-electron chi connectivity index (χ0n) is 16.2. The van der Waals surface area contributed by atoms with Gasteiger partial charge >= 0.3 is 0 Å². The zero-order valence-corrected chi connectivity index (χ0v) is 16.2. The Kier molecular flexibility index (Phi) is 4.04. The number of hydrogen-bond acceptors (Lipinski definition) is 7. The molecule has 0 radical (unpaired) electrons. The van der Waals surface area contributed by atoms with Crippen LogP contribution >= 0.6 is 0 Å². The first-order chi connectivity index (χ1) is 14.5. The number of carbonyl (C=O) groups is 1. The lowest BCUT2D eigenvalue weighted by Crippen LogP contribution is -2.35. The lowest BCUT2D eigenvalue weighted by molar-refractivity contribution is -0.144. The monoisotopic (exact) mass is 401 g/mol. The van der Waals surface area contributed by atoms with Crippen LogP contribution in [0.25, 0.3) is 33.3 Å². The van der Waals surface area contributed by atoms with Crippen LogP contribution in [0.4, 0.5) is 5.95 Å². The van der Waals surface area contributed by atoms with Crippen molar-refractivity contribution in [2.75, 3.05) is 19.3 Å². The second kappa shape index (κ2) is 6.64. The molecular weight excluding hydrogens is 382 g/mol. The number of benzene rings is 2. The summed E-state index contributed by atoms with van der Waals surface area (Å²) < 4.78 is 5.37. The van der Waals surface area contributed by atoms with Gasteiger partial charge in [-0.2, -0.15) is 0 Å². The second-order valence-electron chi connectivity index (χ2n) is 7.47. The maximum absolute atomic E-state index is 12.3. The lowest BCUT2D eigenvalue weighted by atomic mass is 9.97. The van der Waals surface area contributed by atoms with E-state index in [1.165, 1.54) is 4.90 Å². The van der Waals surface area contributed by atoms with Gasteiger partial charge in [-0.1, -0.05) is 41.6 Å². The molecule has 0 bridgehead atoms. The van der Waals surface area contributed by atoms with Crippen molar-refractivity contribution in [2.45, 2.75) is 12.0 Å². The van der Waals surface area contributed by atoms with E-state index in [9.17, 15) is 9.90 Å². The Bertz CT molecular complexity index is 1280. The summed E-state index contributed by atoms with van der Waals surface area (Å²) in [6, 6.07) is 15.2. The predicted molar refractivity (Wildman–Crippen MR) is 111 cm³/mol. The molecule has 1 aliphatic heterocycles. The number of nitrogens with zero attached hydrogens (tertiary/aromatic N) is 4. The molecule has 3 heterocycles. The number of amides is 1. The van der Waals surface area contributed by atoms with Gasteiger partial charge in [0, 0.05) is 48.8 Å². The van der Waals surface area contributed by atoms with Crippen LogP contribution in [-0.2, 0) is 10.4 Å². The van der Waals surface area contributed by atoms with Crippen LogP contribution in [0.5, 0.6) is 0 Å². The van der Waals surface area contributed by atoms with E-state index in [4.69, 9.17) is 10.3 Å². The first-order valence-corrected chi connectivity index (χ1v) is 9.53. The first-order valence-electron chi connectivity index (χ1n) is 9.53. The van der Waals surface area contributed by atoms with Crippen molar-refractivity contribution in [3.8, 4) is 22.4 Å². The number of rotatable bonds is 3. The summed E-state index contributed by atoms with van der Waals surface area (Å²) in [4.78, 5) is 22.3. The van der Waals surface area contributed by atoms with Gasteiger partial charge in [-0.05, 0) is 11.6 Å². The van der Waals surface area contributed by atoms with Gasteiger partial charge < -0.3 is 20.3 Å². The SMILES string of the molecule is CN1CCC(O)(c2cc(-c3cccc(-c4cccc5cnc(N)nc45)c3)no2)C1=O. The number of nitrogens with two attached hydrogens (primary N) is 1. The molecule has 150 valence electrons. The number of aliphatic hydroxyl groups is 1. The average Bonchev–Trinajstić information content (AvgIpc) is 3.36. The molecule has 4 aromatic rings. The van der Waals surface area contributed by atoms with Crippen LogP contribution in [0, 0.1) is 0 Å². The summed E-state index contributed by atoms with van der Waals surface area (Å²) >= 11 is 0. The minimum atomic E-state index is -1.66. The summed E-state index contributed by atoms with van der Waals surface area (Å²) in [5.41, 5.74) is 8.06. The molecule has 1 amide bonds. The van der Waals surface area contributed by atoms with E-state index in [1.54, 1.807) is 19.3 Å². The van der Waals surface area contributed by atoms with Gasteiger partial charge in [0.2, 0.25) is 11.5 Å². The van der Waals surface area contributed by atoms with Crippen molar-refractivity contribution in [2.24, 2.45) is 0 Å². The molecule has 3 N–H and O–H groups in total. The van der Waals surface area contributed by atoms with Gasteiger partial charge in [0.25, 0.3) is 5.91 Å². The fourth-order valence-electron chi connectivity index (χ4n) is 3.84. The molecule has 0 aliphatic carbocycles. The van der Waals surface area contributed by atoms with E-state index in [0.717, 1.165) is 27.6 Å². The quantitative estimate of drug-likeness (QED) is 0.542. The Morgan fingerprint density at radius 3 is 2.77 bits per heavy atom. The van der Waals surface area contributed by atoms with E-state index in [1.807, 2.05) is 42.5 Å². The average molecular weight is 401 g/mol. The van der Waals surface area contributed by atoms with Gasteiger partial charge in [-0.3, -0.25) is 4.79 Å². The normalized spacial score (nSPS) is 19.0. The Morgan fingerprint density at radius 2 is 1.97 bits per heavy atom. The Labute approximate surface area is 172 Å². The number of nitrogen functional groups attached to an aromatic ring is 1. The Morgan fingerprint density at radius 1 is 1.17 bits per heavy atom. The highest BCUT2D eigenvalue weighted by atomic mass is 16.5. The molecule has 1 saturated heterocycles. The molecule has 0 saturated carbocycles. The minimum absolute atomic E-state index is 0.155. The third-order valence-electron chi connectivity index (χ3n) is 5.53. The summed E-state index contributed by atoms with van der Waals surface area (Å²) in [6.45, 7) is 0.465. The second-order valence-corrected chi connectivity index (χ2v) is 7.47. The van der Waals surface area contributed by atoms with Gasteiger partial charge in [-0.25, -0.2) is 9.97 Å². The van der Waals surface area contributed by atoms with Crippen molar-refractivity contribution in [3.63, 3.8) is 0 Å². The fourth-order valence-corrected chi connectivity index (χ4v) is 3.84. The summed E-state index contributed by atoms with van der Waals surface area (Å²) in [5.74, 6) is -0.0124. The van der Waals surface area contributed by atoms with Crippen LogP contribution in [0.3, 0.4) is 0 Å². The molecule has 30 heavy (non-hydrogen) atoms. The van der Waals surface area contributed by atoms with Crippen LogP contribution < -0.4 is 5.73 Å². The van der Waals surface area contributed by atoms with Crippen LogP contribution in [0.1, 0.15) is 12.2 Å². The van der Waals surface area contributed by atoms with E-state index in [0.29, 0.717) is 12.2 Å². The van der Waals surface area contributed by atoms with Gasteiger partial charge in [0.05, 0.1) is 5.52 Å². The van der Waals surface area contributed by atoms with E-state index < -0.39 is 5.60 Å². The van der Waals surface area contributed by atoms with Crippen LogP contribution in [-0.4, -0.2) is 44.6 Å². The lowest BCUT2D eigenvalue weighted by Gasteiger charge is -2.16. The standard InChI is InChI=1S/C22H19N5O3/c1-27-9-8-22(29,20(27)28)18-11-17(26-30-18)14-5-2-4-13(10-14)16-7-3-6-15-12-24-21(23)25-19(15)16/h2-7,10-12,29H,8-9H2,1H3,(H2,23,24,25). The molecule has 2 aromatic heterocycles. The summed E-state index contributed by atoms with van der Waals surface area (Å²) in [7, 11) is 1.65. The van der Waals surface area contributed by atoms with Crippen molar-refractivity contribution >= 4 is 22.8 Å². The maximum atomic E-state index is 12.3. The van der Waals surface area contributed by atoms with Crippen molar-refractivity contribution in [3.05, 3.63) is 60.5 Å². The molecule has 1 aliphatic rings. The highest BCUT2D eigenvalue weighted by Gasteiger charge is 2.48. The van der Waals surface area contributed by atoms with Gasteiger partial charge in [0.1, 0.15) is 5.69 Å². The number of carbonyl (C=O) groups excluding carboxylic acids is 1. The molecule has 2 aromatic carbocycles. The Balaban J connectivity index is 1.55. The van der Waals surface area contributed by atoms with Crippen LogP contribution in [0.2, 0.25) is 0 Å². The van der Waals surface area contributed by atoms with Crippen LogP contribution in [0.15, 0.2) is 59.3 Å². The minimum Gasteiger partial charge on any atom is -0.373 e. The highest BCUT2D eigenvalue weighted by molar-refractivity contribution is 5.94. The zero-order chi connectivity index (χ0) is 20.9.